The van der Waals surface area contributed by atoms with Crippen LogP contribution in [0.15, 0.2) is 12.2 Å². The van der Waals surface area contributed by atoms with Gasteiger partial charge in [-0.1, -0.05) is 19.1 Å². The van der Waals surface area contributed by atoms with E-state index in [0.29, 0.717) is 19.1 Å². The molecule has 4 unspecified atom stereocenters. The van der Waals surface area contributed by atoms with Crippen molar-refractivity contribution in [2.75, 3.05) is 25.9 Å². The fourth-order valence-corrected chi connectivity index (χ4v) is 4.62. The van der Waals surface area contributed by atoms with Crippen LogP contribution in [-0.2, 0) is 10.0 Å². The Morgan fingerprint density at radius 3 is 2.60 bits per heavy atom. The minimum atomic E-state index is -3.04. The van der Waals surface area contributed by atoms with Crippen LogP contribution >= 0.6 is 0 Å². The van der Waals surface area contributed by atoms with E-state index < -0.39 is 10.0 Å². The smallest absolute Gasteiger partial charge is 0.211 e. The van der Waals surface area contributed by atoms with E-state index in [1.54, 1.807) is 4.31 Å². The maximum Gasteiger partial charge on any atom is 0.211 e. The average molecular weight is 300 g/mol. The Morgan fingerprint density at radius 1 is 1.35 bits per heavy atom. The van der Waals surface area contributed by atoms with Gasteiger partial charge in [-0.25, -0.2) is 12.7 Å². The summed E-state index contributed by atoms with van der Waals surface area (Å²) in [5.41, 5.74) is 0. The molecule has 0 aromatic heterocycles. The maximum atomic E-state index is 11.5. The highest BCUT2D eigenvalue weighted by Gasteiger charge is 2.38. The zero-order valence-electron chi connectivity index (χ0n) is 12.9. The summed E-state index contributed by atoms with van der Waals surface area (Å²) in [5.74, 6) is 2.35. The molecule has 0 radical (unpaired) electrons. The summed E-state index contributed by atoms with van der Waals surface area (Å²) < 4.78 is 24.5. The van der Waals surface area contributed by atoms with Crippen molar-refractivity contribution in [2.45, 2.75) is 39.2 Å². The molecule has 2 rings (SSSR count). The highest BCUT2D eigenvalue weighted by Crippen LogP contribution is 2.44. The third kappa shape index (κ3) is 3.83. The van der Waals surface area contributed by atoms with Crippen molar-refractivity contribution in [3.05, 3.63) is 12.2 Å². The van der Waals surface area contributed by atoms with Gasteiger partial charge in [0.15, 0.2) is 0 Å². The van der Waals surface area contributed by atoms with Crippen LogP contribution in [0.1, 0.15) is 33.1 Å². The van der Waals surface area contributed by atoms with E-state index in [1.165, 1.54) is 19.1 Å². The van der Waals surface area contributed by atoms with Crippen LogP contribution in [0.2, 0.25) is 0 Å². The van der Waals surface area contributed by atoms with Gasteiger partial charge in [-0.05, 0) is 50.5 Å². The molecule has 4 atom stereocenters. The van der Waals surface area contributed by atoms with Crippen LogP contribution in [0.4, 0.5) is 0 Å². The van der Waals surface area contributed by atoms with E-state index >= 15 is 0 Å². The lowest BCUT2D eigenvalue weighted by atomic mass is 9.87. The van der Waals surface area contributed by atoms with Gasteiger partial charge in [0.1, 0.15) is 0 Å². The quantitative estimate of drug-likeness (QED) is 0.550. The molecule has 20 heavy (non-hydrogen) atoms. The number of allylic oxidation sites excluding steroid dienone is 2. The molecular weight excluding hydrogens is 272 g/mol. The second kappa shape index (κ2) is 6.58. The third-order valence-corrected chi connectivity index (χ3v) is 6.22. The van der Waals surface area contributed by atoms with Crippen molar-refractivity contribution in [1.82, 2.24) is 9.62 Å². The molecule has 1 saturated carbocycles. The van der Waals surface area contributed by atoms with Gasteiger partial charge in [0.05, 0.1) is 6.26 Å². The van der Waals surface area contributed by atoms with Crippen LogP contribution in [0, 0.1) is 17.8 Å². The Labute approximate surface area is 123 Å². The molecule has 0 spiro atoms. The minimum absolute atomic E-state index is 0.531. The molecule has 5 heteroatoms. The molecule has 4 nitrogen and oxygen atoms in total. The Kier molecular flexibility index (Phi) is 5.26. The summed E-state index contributed by atoms with van der Waals surface area (Å²) in [7, 11) is -3.04. The van der Waals surface area contributed by atoms with Gasteiger partial charge in [0.25, 0.3) is 0 Å². The fourth-order valence-electron chi connectivity index (χ4n) is 3.69. The van der Waals surface area contributed by atoms with E-state index in [9.17, 15) is 8.42 Å². The van der Waals surface area contributed by atoms with Gasteiger partial charge in [-0.2, -0.15) is 0 Å². The van der Waals surface area contributed by atoms with E-state index in [4.69, 9.17) is 0 Å². The molecule has 0 saturated heterocycles. The van der Waals surface area contributed by atoms with Crippen LogP contribution in [-0.4, -0.2) is 44.7 Å². The molecule has 0 amide bonds. The van der Waals surface area contributed by atoms with Crippen molar-refractivity contribution >= 4 is 10.0 Å². The van der Waals surface area contributed by atoms with Gasteiger partial charge in [0, 0.05) is 19.1 Å². The monoisotopic (exact) mass is 300 g/mol. The standard InChI is InChI=1S/C15H28N2O2S/c1-4-17(20(3,18)19)9-5-8-16-12(2)15-11-13-6-7-14(15)10-13/h6-7,12-16H,4-5,8-11H2,1-3H3. The predicted molar refractivity (Wildman–Crippen MR) is 83.0 cm³/mol. The lowest BCUT2D eigenvalue weighted by Gasteiger charge is -2.26. The normalized spacial score (nSPS) is 30.3. The Bertz CT molecular complexity index is 447. The van der Waals surface area contributed by atoms with Gasteiger partial charge in [0.2, 0.25) is 10.0 Å². The summed E-state index contributed by atoms with van der Waals surface area (Å²) in [6.07, 6.45) is 9.59. The Morgan fingerprint density at radius 2 is 2.10 bits per heavy atom. The van der Waals surface area contributed by atoms with Crippen molar-refractivity contribution in [3.63, 3.8) is 0 Å². The number of sulfonamides is 1. The molecule has 1 N–H and O–H groups in total. The number of hydrogen-bond acceptors (Lipinski definition) is 3. The molecule has 2 aliphatic rings. The minimum Gasteiger partial charge on any atom is -0.314 e. The topological polar surface area (TPSA) is 49.4 Å². The first-order valence-electron chi connectivity index (χ1n) is 7.78. The number of hydrogen-bond donors (Lipinski definition) is 1. The molecule has 2 aliphatic carbocycles. The summed E-state index contributed by atoms with van der Waals surface area (Å²) in [4.78, 5) is 0. The first-order chi connectivity index (χ1) is 9.41. The first kappa shape index (κ1) is 16.0. The molecule has 0 aromatic rings. The summed E-state index contributed by atoms with van der Waals surface area (Å²) in [6, 6.07) is 0.531. The van der Waals surface area contributed by atoms with E-state index in [1.807, 2.05) is 6.92 Å². The number of rotatable bonds is 8. The number of nitrogens with one attached hydrogen (secondary N) is 1. The highest BCUT2D eigenvalue weighted by atomic mass is 32.2. The molecular formula is C15H28N2O2S. The Balaban J connectivity index is 1.67. The molecule has 2 bridgehead atoms. The van der Waals surface area contributed by atoms with E-state index in [2.05, 4.69) is 24.4 Å². The van der Waals surface area contributed by atoms with E-state index in [0.717, 1.165) is 30.7 Å². The third-order valence-electron chi connectivity index (χ3n) is 4.84. The van der Waals surface area contributed by atoms with Crippen LogP contribution in [0.25, 0.3) is 0 Å². The molecule has 0 aliphatic heterocycles. The van der Waals surface area contributed by atoms with Crippen molar-refractivity contribution < 1.29 is 8.42 Å². The maximum absolute atomic E-state index is 11.5. The molecule has 0 aromatic carbocycles. The number of nitrogens with zero attached hydrogens (tertiary/aromatic N) is 1. The van der Waals surface area contributed by atoms with E-state index in [-0.39, 0.29) is 0 Å². The zero-order valence-corrected chi connectivity index (χ0v) is 13.7. The van der Waals surface area contributed by atoms with Crippen LogP contribution in [0.3, 0.4) is 0 Å². The number of fused-ring (bicyclic) bond motifs is 2. The lowest BCUT2D eigenvalue weighted by molar-refractivity contribution is 0.321. The summed E-state index contributed by atoms with van der Waals surface area (Å²) in [5, 5.41) is 3.58. The van der Waals surface area contributed by atoms with Gasteiger partial charge >= 0.3 is 0 Å². The van der Waals surface area contributed by atoms with Crippen molar-refractivity contribution in [3.8, 4) is 0 Å². The molecule has 0 heterocycles. The molecule has 1 fully saturated rings. The summed E-state index contributed by atoms with van der Waals surface area (Å²) in [6.45, 7) is 6.23. The predicted octanol–water partition coefficient (Wildman–Crippen LogP) is 1.85. The zero-order chi connectivity index (χ0) is 14.8. The second-order valence-electron chi connectivity index (χ2n) is 6.30. The second-order valence-corrected chi connectivity index (χ2v) is 8.28. The SMILES string of the molecule is CCN(CCCNC(C)C1CC2C=CC1C2)S(C)(=O)=O. The Hall–Kier alpha value is -0.390. The highest BCUT2D eigenvalue weighted by molar-refractivity contribution is 7.88. The van der Waals surface area contributed by atoms with Gasteiger partial charge < -0.3 is 5.32 Å². The van der Waals surface area contributed by atoms with Crippen LogP contribution in [0.5, 0.6) is 0 Å². The van der Waals surface area contributed by atoms with Gasteiger partial charge in [-0.3, -0.25) is 0 Å². The van der Waals surface area contributed by atoms with Crippen molar-refractivity contribution in [1.29, 1.82) is 0 Å². The average Bonchev–Trinajstić information content (AvgIpc) is 2.99. The summed E-state index contributed by atoms with van der Waals surface area (Å²) >= 11 is 0. The first-order valence-corrected chi connectivity index (χ1v) is 9.63. The van der Waals surface area contributed by atoms with Crippen LogP contribution < -0.4 is 5.32 Å². The molecule has 116 valence electrons. The van der Waals surface area contributed by atoms with Gasteiger partial charge in [-0.15, -0.1) is 0 Å². The van der Waals surface area contributed by atoms with Crippen molar-refractivity contribution in [2.24, 2.45) is 17.8 Å². The lowest BCUT2D eigenvalue weighted by Crippen LogP contribution is -2.38. The largest absolute Gasteiger partial charge is 0.314 e. The fraction of sp³-hybridized carbons (Fsp3) is 0.867.